The van der Waals surface area contributed by atoms with Crippen molar-refractivity contribution in [1.29, 1.82) is 0 Å². The van der Waals surface area contributed by atoms with Crippen LogP contribution in [0.4, 0.5) is 0 Å². The maximum atomic E-state index is 11.9. The molecule has 0 amide bonds. The van der Waals surface area contributed by atoms with E-state index in [-0.39, 0.29) is 17.9 Å². The van der Waals surface area contributed by atoms with Crippen molar-refractivity contribution in [3.63, 3.8) is 0 Å². The minimum Gasteiger partial charge on any atom is -0.463 e. The molecule has 1 aliphatic rings. The molecule has 1 unspecified atom stereocenters. The van der Waals surface area contributed by atoms with Crippen molar-refractivity contribution in [1.82, 2.24) is 0 Å². The largest absolute Gasteiger partial charge is 0.463 e. The van der Waals surface area contributed by atoms with Gasteiger partial charge in [-0.3, -0.25) is 19.2 Å². The van der Waals surface area contributed by atoms with E-state index in [9.17, 15) is 24.0 Å². The zero-order valence-corrected chi connectivity index (χ0v) is 20.3. The Balaban J connectivity index is 2.02. The van der Waals surface area contributed by atoms with E-state index in [4.69, 9.17) is 32.8 Å². The summed E-state index contributed by atoms with van der Waals surface area (Å²) in [6.07, 6.45) is -6.61. The van der Waals surface area contributed by atoms with Crippen molar-refractivity contribution in [2.24, 2.45) is 0 Å². The summed E-state index contributed by atoms with van der Waals surface area (Å²) in [7, 11) is 0. The van der Waals surface area contributed by atoms with Crippen LogP contribution in [-0.4, -0.2) is 61.2 Å². The summed E-state index contributed by atoms with van der Waals surface area (Å²) in [4.78, 5) is 58.9. The van der Waals surface area contributed by atoms with Gasteiger partial charge in [0.2, 0.25) is 12.4 Å². The van der Waals surface area contributed by atoms with Gasteiger partial charge in [-0.2, -0.15) is 0 Å². The summed E-state index contributed by atoms with van der Waals surface area (Å²) in [5.74, 6) is -2.73. The minimum absolute atomic E-state index is 0.164. The van der Waals surface area contributed by atoms with E-state index in [0.717, 1.165) is 20.8 Å². The van der Waals surface area contributed by atoms with Crippen LogP contribution in [0, 0.1) is 6.92 Å². The Kier molecular flexibility index (Phi) is 8.30. The predicted octanol–water partition coefficient (Wildman–Crippen LogP) is 1.56. The molecule has 0 bridgehead atoms. The summed E-state index contributed by atoms with van der Waals surface area (Å²) in [5, 5.41) is 0.670. The lowest BCUT2D eigenvalue weighted by Crippen LogP contribution is -2.63. The maximum absolute atomic E-state index is 11.9. The molecule has 0 spiro atoms. The van der Waals surface area contributed by atoms with Gasteiger partial charge in [0.25, 0.3) is 0 Å². The third kappa shape index (κ3) is 6.60. The van der Waals surface area contributed by atoms with Gasteiger partial charge in [-0.25, -0.2) is 4.79 Å². The fraction of sp³-hybridized carbons (Fsp3) is 0.458. The molecule has 12 nitrogen and oxygen atoms in total. The van der Waals surface area contributed by atoms with Crippen LogP contribution >= 0.6 is 0 Å². The first-order valence-corrected chi connectivity index (χ1v) is 11.0. The van der Waals surface area contributed by atoms with Gasteiger partial charge in [-0.1, -0.05) is 0 Å². The Labute approximate surface area is 205 Å². The molecule has 36 heavy (non-hydrogen) atoms. The number of benzene rings is 1. The van der Waals surface area contributed by atoms with Crippen molar-refractivity contribution in [2.75, 3.05) is 6.61 Å². The third-order valence-corrected chi connectivity index (χ3v) is 5.12. The van der Waals surface area contributed by atoms with Crippen LogP contribution in [0.1, 0.15) is 33.3 Å². The lowest BCUT2D eigenvalue weighted by atomic mass is 9.98. The maximum Gasteiger partial charge on any atom is 0.336 e. The molecule has 1 aromatic heterocycles. The molecular formula is C24H26O12. The zero-order valence-electron chi connectivity index (χ0n) is 20.3. The first-order chi connectivity index (χ1) is 16.9. The molecule has 2 aromatic rings. The molecule has 5 atom stereocenters. The monoisotopic (exact) mass is 506 g/mol. The molecule has 2 heterocycles. The van der Waals surface area contributed by atoms with Crippen LogP contribution in [0.3, 0.4) is 0 Å². The number of carbonyl (C=O) groups is 4. The fourth-order valence-corrected chi connectivity index (χ4v) is 3.80. The zero-order chi connectivity index (χ0) is 26.6. The smallest absolute Gasteiger partial charge is 0.336 e. The highest BCUT2D eigenvalue weighted by Crippen LogP contribution is 2.32. The minimum atomic E-state index is -1.40. The second-order valence-electron chi connectivity index (χ2n) is 8.09. The molecule has 1 aliphatic heterocycles. The quantitative estimate of drug-likeness (QED) is 0.304. The average Bonchev–Trinajstić information content (AvgIpc) is 2.75. The summed E-state index contributed by atoms with van der Waals surface area (Å²) in [5.41, 5.74) is 0.382. The second-order valence-corrected chi connectivity index (χ2v) is 8.09. The highest BCUT2D eigenvalue weighted by atomic mass is 16.7. The van der Waals surface area contributed by atoms with Gasteiger partial charge < -0.3 is 32.8 Å². The molecule has 0 radical (unpaired) electrons. The Bertz CT molecular complexity index is 1220. The van der Waals surface area contributed by atoms with E-state index in [0.29, 0.717) is 10.9 Å². The van der Waals surface area contributed by atoms with E-state index in [1.165, 1.54) is 19.1 Å². The number of carbonyl (C=O) groups excluding carboxylic acids is 4. The molecule has 0 saturated carbocycles. The molecule has 12 heteroatoms. The van der Waals surface area contributed by atoms with Gasteiger partial charge in [0.15, 0.2) is 12.2 Å². The molecule has 0 aliphatic carbocycles. The number of hydrogen-bond donors (Lipinski definition) is 0. The summed E-state index contributed by atoms with van der Waals surface area (Å²) < 4.78 is 38.2. The predicted molar refractivity (Wildman–Crippen MR) is 120 cm³/mol. The Morgan fingerprint density at radius 2 is 1.44 bits per heavy atom. The van der Waals surface area contributed by atoms with Gasteiger partial charge in [0.05, 0.1) is 0 Å². The SMILES string of the molecule is CC(=O)OC[C@H]1OC(Oc2ccc3c(C)cc(=O)oc3c2)[C@H](OC(C)=O)[C@@H](OC(C)=O)[C@@H]1OC(C)=O. The van der Waals surface area contributed by atoms with E-state index < -0.39 is 60.2 Å². The fourth-order valence-electron chi connectivity index (χ4n) is 3.80. The topological polar surface area (TPSA) is 154 Å². The lowest BCUT2D eigenvalue weighted by molar-refractivity contribution is -0.288. The van der Waals surface area contributed by atoms with Crippen molar-refractivity contribution < 1.29 is 52.0 Å². The molecule has 3 rings (SSSR count). The summed E-state index contributed by atoms with van der Waals surface area (Å²) in [6.45, 7) is 5.91. The van der Waals surface area contributed by atoms with Crippen LogP contribution in [0.25, 0.3) is 11.0 Å². The number of aryl methyl sites for hydroxylation is 1. The van der Waals surface area contributed by atoms with Gasteiger partial charge >= 0.3 is 29.5 Å². The van der Waals surface area contributed by atoms with Gasteiger partial charge in [0, 0.05) is 45.2 Å². The number of ether oxygens (including phenoxy) is 6. The Morgan fingerprint density at radius 1 is 0.833 bits per heavy atom. The highest BCUT2D eigenvalue weighted by Gasteiger charge is 2.53. The molecule has 1 aromatic carbocycles. The van der Waals surface area contributed by atoms with Crippen molar-refractivity contribution >= 4 is 34.8 Å². The van der Waals surface area contributed by atoms with E-state index >= 15 is 0 Å². The Hall–Kier alpha value is -3.93. The normalized spacial score (nSPS) is 23.4. The van der Waals surface area contributed by atoms with Gasteiger partial charge in [-0.05, 0) is 24.6 Å². The van der Waals surface area contributed by atoms with E-state index in [1.54, 1.807) is 19.1 Å². The number of fused-ring (bicyclic) bond motifs is 1. The lowest BCUT2D eigenvalue weighted by Gasteiger charge is -2.43. The van der Waals surface area contributed by atoms with Gasteiger partial charge in [-0.15, -0.1) is 0 Å². The van der Waals surface area contributed by atoms with Crippen LogP contribution in [-0.2, 0) is 42.9 Å². The number of hydrogen-bond acceptors (Lipinski definition) is 12. The van der Waals surface area contributed by atoms with Crippen LogP contribution in [0.5, 0.6) is 5.75 Å². The molecule has 0 N–H and O–H groups in total. The van der Waals surface area contributed by atoms with Crippen LogP contribution in [0.2, 0.25) is 0 Å². The van der Waals surface area contributed by atoms with Crippen molar-refractivity contribution in [3.8, 4) is 5.75 Å². The standard InChI is InChI=1S/C24H26O12/c1-11-8-20(29)35-18-9-16(6-7-17(11)18)34-24-23(33-15(5)28)22(32-14(4)27)21(31-13(3)26)19(36-24)10-30-12(2)25/h6-9,19,21-24H,10H2,1-5H3/t19-,21-,22+,23-,24?/m1/s1. The first kappa shape index (κ1) is 26.7. The van der Waals surface area contributed by atoms with Crippen LogP contribution in [0.15, 0.2) is 33.5 Å². The second kappa shape index (κ2) is 11.2. The number of rotatable bonds is 7. The molecular weight excluding hydrogens is 480 g/mol. The molecule has 1 fully saturated rings. The van der Waals surface area contributed by atoms with Crippen LogP contribution < -0.4 is 10.4 Å². The van der Waals surface area contributed by atoms with E-state index in [2.05, 4.69) is 0 Å². The average molecular weight is 506 g/mol. The van der Waals surface area contributed by atoms with Crippen molar-refractivity contribution in [2.45, 2.75) is 65.3 Å². The van der Waals surface area contributed by atoms with Crippen molar-refractivity contribution in [3.05, 3.63) is 40.2 Å². The van der Waals surface area contributed by atoms with E-state index in [1.807, 2.05) is 0 Å². The molecule has 194 valence electrons. The third-order valence-electron chi connectivity index (χ3n) is 5.12. The van der Waals surface area contributed by atoms with Gasteiger partial charge in [0.1, 0.15) is 24.0 Å². The number of esters is 4. The first-order valence-electron chi connectivity index (χ1n) is 11.0. The summed E-state index contributed by atoms with van der Waals surface area (Å²) in [6, 6.07) is 6.03. The highest BCUT2D eigenvalue weighted by molar-refractivity contribution is 5.81. The Morgan fingerprint density at radius 3 is 2.06 bits per heavy atom. The molecule has 1 saturated heterocycles. The summed E-state index contributed by atoms with van der Waals surface area (Å²) >= 11 is 0.